The highest BCUT2D eigenvalue weighted by molar-refractivity contribution is 6.32. The lowest BCUT2D eigenvalue weighted by molar-refractivity contribution is -0.385. The summed E-state index contributed by atoms with van der Waals surface area (Å²) in [6, 6.07) is 16.0. The second-order valence-electron chi connectivity index (χ2n) is 6.28. The number of fused-ring (bicyclic) bond motifs is 1. The average molecular weight is 424 g/mol. The topological polar surface area (TPSA) is 87.9 Å². The maximum atomic E-state index is 12.4. The van der Waals surface area contributed by atoms with Gasteiger partial charge >= 0.3 is 5.69 Å². The van der Waals surface area contributed by atoms with Crippen molar-refractivity contribution in [1.82, 2.24) is 0 Å². The van der Waals surface area contributed by atoms with Gasteiger partial charge in [0.2, 0.25) is 12.5 Å². The van der Waals surface area contributed by atoms with E-state index in [1.165, 1.54) is 24.3 Å². The summed E-state index contributed by atoms with van der Waals surface area (Å²) in [5.74, 6) is 1.18. The number of nitro groups is 1. The lowest BCUT2D eigenvalue weighted by atomic mass is 10.1. The highest BCUT2D eigenvalue weighted by Crippen LogP contribution is 2.36. The molecule has 150 valence electrons. The Labute approximate surface area is 176 Å². The molecule has 8 heteroatoms. The zero-order valence-electron chi connectivity index (χ0n) is 15.4. The van der Waals surface area contributed by atoms with Crippen LogP contribution in [0.1, 0.15) is 15.9 Å². The van der Waals surface area contributed by atoms with Crippen molar-refractivity contribution in [3.05, 3.63) is 93.0 Å². The summed E-state index contributed by atoms with van der Waals surface area (Å²) in [6.45, 7) is 0.120. The van der Waals surface area contributed by atoms with Gasteiger partial charge in [-0.3, -0.25) is 14.9 Å². The number of rotatable bonds is 6. The van der Waals surface area contributed by atoms with Crippen molar-refractivity contribution in [3.63, 3.8) is 0 Å². The maximum Gasteiger partial charge on any atom is 0.312 e. The van der Waals surface area contributed by atoms with E-state index in [4.69, 9.17) is 25.8 Å². The summed E-state index contributed by atoms with van der Waals surface area (Å²) >= 11 is 6.06. The number of hydrogen-bond acceptors (Lipinski definition) is 6. The minimum atomic E-state index is -0.552. The number of hydrogen-bond donors (Lipinski definition) is 0. The predicted octanol–water partition coefficient (Wildman–Crippen LogP) is 5.67. The molecule has 1 aliphatic heterocycles. The Hall–Kier alpha value is -3.84. The fourth-order valence-corrected chi connectivity index (χ4v) is 3.01. The number of nitro benzene ring substituents is 1. The van der Waals surface area contributed by atoms with Crippen molar-refractivity contribution >= 4 is 29.1 Å². The molecule has 3 aromatic carbocycles. The first-order valence-electron chi connectivity index (χ1n) is 8.84. The standard InChI is InChI=1S/C22H14ClNO6/c23-16-3-1-2-4-19(16)30-20-9-6-14(11-17(20)24(26)27)5-8-18(25)15-7-10-21-22(12-15)29-13-28-21/h1-12H,13H2/b8-5+. The molecule has 3 aromatic rings. The van der Waals surface area contributed by atoms with Crippen LogP contribution < -0.4 is 14.2 Å². The van der Waals surface area contributed by atoms with Gasteiger partial charge in [-0.1, -0.05) is 35.9 Å². The fraction of sp³-hybridized carbons (Fsp3) is 0.0455. The second-order valence-corrected chi connectivity index (χ2v) is 6.69. The highest BCUT2D eigenvalue weighted by atomic mass is 35.5. The number of carbonyl (C=O) groups excluding carboxylic acids is 1. The lowest BCUT2D eigenvalue weighted by Crippen LogP contribution is -1.96. The summed E-state index contributed by atoms with van der Waals surface area (Å²) in [5, 5.41) is 11.8. The molecule has 0 amide bonds. The molecule has 0 bridgehead atoms. The van der Waals surface area contributed by atoms with Crippen molar-refractivity contribution in [2.24, 2.45) is 0 Å². The van der Waals surface area contributed by atoms with Crippen LogP contribution in [0.25, 0.3) is 6.08 Å². The number of para-hydroxylation sites is 1. The summed E-state index contributed by atoms with van der Waals surface area (Å²) in [6.07, 6.45) is 2.84. The zero-order valence-corrected chi connectivity index (χ0v) is 16.2. The van der Waals surface area contributed by atoms with E-state index in [9.17, 15) is 14.9 Å². The van der Waals surface area contributed by atoms with E-state index in [0.717, 1.165) is 0 Å². The van der Waals surface area contributed by atoms with Gasteiger partial charge in [0.15, 0.2) is 17.3 Å². The minimum absolute atomic E-state index is 0.0485. The molecule has 1 aliphatic rings. The highest BCUT2D eigenvalue weighted by Gasteiger charge is 2.18. The normalized spacial score (nSPS) is 12.2. The van der Waals surface area contributed by atoms with Crippen molar-refractivity contribution in [1.29, 1.82) is 0 Å². The van der Waals surface area contributed by atoms with E-state index >= 15 is 0 Å². The van der Waals surface area contributed by atoms with E-state index in [2.05, 4.69) is 0 Å². The molecular formula is C22H14ClNO6. The van der Waals surface area contributed by atoms with Crippen LogP contribution in [0.4, 0.5) is 5.69 Å². The Morgan fingerprint density at radius 1 is 1.03 bits per heavy atom. The first-order chi connectivity index (χ1) is 14.5. The van der Waals surface area contributed by atoms with Crippen LogP contribution in [0.2, 0.25) is 5.02 Å². The van der Waals surface area contributed by atoms with Crippen LogP contribution in [0.3, 0.4) is 0 Å². The third kappa shape index (κ3) is 4.11. The van der Waals surface area contributed by atoms with Gasteiger partial charge in [-0.05, 0) is 48.0 Å². The van der Waals surface area contributed by atoms with Gasteiger partial charge in [0, 0.05) is 11.6 Å². The molecule has 4 rings (SSSR count). The molecule has 0 atom stereocenters. The van der Waals surface area contributed by atoms with Crippen LogP contribution in [0.5, 0.6) is 23.0 Å². The molecule has 0 radical (unpaired) electrons. The van der Waals surface area contributed by atoms with E-state index in [-0.39, 0.29) is 24.0 Å². The minimum Gasteiger partial charge on any atom is -0.454 e. The first kappa shape index (κ1) is 19.5. The van der Waals surface area contributed by atoms with E-state index in [1.807, 2.05) is 0 Å². The van der Waals surface area contributed by atoms with E-state index < -0.39 is 4.92 Å². The van der Waals surface area contributed by atoms with Crippen molar-refractivity contribution in [2.75, 3.05) is 6.79 Å². The molecule has 0 saturated carbocycles. The largest absolute Gasteiger partial charge is 0.454 e. The van der Waals surface area contributed by atoms with Gasteiger partial charge in [0.25, 0.3) is 0 Å². The van der Waals surface area contributed by atoms with Gasteiger partial charge in [0.1, 0.15) is 5.75 Å². The summed E-state index contributed by atoms with van der Waals surface area (Å²) in [7, 11) is 0. The van der Waals surface area contributed by atoms with Crippen LogP contribution in [0, 0.1) is 10.1 Å². The SMILES string of the molecule is O=C(/C=C/c1ccc(Oc2ccccc2Cl)c([N+](=O)[O-])c1)c1ccc2c(c1)OCO2. The van der Waals surface area contributed by atoms with Crippen molar-refractivity contribution in [3.8, 4) is 23.0 Å². The number of halogens is 1. The van der Waals surface area contributed by atoms with Gasteiger partial charge in [-0.15, -0.1) is 0 Å². The number of ether oxygens (including phenoxy) is 3. The second kappa shape index (κ2) is 8.26. The molecule has 0 aliphatic carbocycles. The van der Waals surface area contributed by atoms with Crippen LogP contribution >= 0.6 is 11.6 Å². The van der Waals surface area contributed by atoms with E-state index in [1.54, 1.807) is 48.5 Å². The molecule has 30 heavy (non-hydrogen) atoms. The van der Waals surface area contributed by atoms with Gasteiger partial charge in [0.05, 0.1) is 9.95 Å². The maximum absolute atomic E-state index is 12.4. The van der Waals surface area contributed by atoms with Crippen molar-refractivity contribution < 1.29 is 23.9 Å². The molecule has 0 spiro atoms. The third-order valence-corrected chi connectivity index (χ3v) is 4.63. The molecule has 1 heterocycles. The monoisotopic (exact) mass is 423 g/mol. The molecule has 0 fully saturated rings. The molecule has 7 nitrogen and oxygen atoms in total. The number of nitrogens with zero attached hydrogens (tertiary/aromatic N) is 1. The Bertz CT molecular complexity index is 1170. The Kier molecular flexibility index (Phi) is 5.36. The summed E-state index contributed by atoms with van der Waals surface area (Å²) < 4.78 is 16.1. The number of ketones is 1. The van der Waals surface area contributed by atoms with E-state index in [0.29, 0.717) is 33.4 Å². The molecule has 0 aromatic heterocycles. The lowest BCUT2D eigenvalue weighted by Gasteiger charge is -2.08. The number of allylic oxidation sites excluding steroid dienone is 1. The van der Waals surface area contributed by atoms with Gasteiger partial charge < -0.3 is 14.2 Å². The third-order valence-electron chi connectivity index (χ3n) is 4.32. The predicted molar refractivity (Wildman–Crippen MR) is 111 cm³/mol. The number of carbonyl (C=O) groups is 1. The first-order valence-corrected chi connectivity index (χ1v) is 9.22. The molecule has 0 N–H and O–H groups in total. The molecule has 0 saturated heterocycles. The summed E-state index contributed by atoms with van der Waals surface area (Å²) in [5.41, 5.74) is 0.651. The van der Waals surface area contributed by atoms with Gasteiger partial charge in [-0.2, -0.15) is 0 Å². The quantitative estimate of drug-likeness (QED) is 0.220. The Morgan fingerprint density at radius 2 is 1.83 bits per heavy atom. The van der Waals surface area contributed by atoms with Crippen LogP contribution in [-0.2, 0) is 0 Å². The zero-order chi connectivity index (χ0) is 21.1. The average Bonchev–Trinajstić information content (AvgIpc) is 3.22. The summed E-state index contributed by atoms with van der Waals surface area (Å²) in [4.78, 5) is 23.4. The number of benzene rings is 3. The Morgan fingerprint density at radius 3 is 2.63 bits per heavy atom. The fourth-order valence-electron chi connectivity index (χ4n) is 2.83. The molecule has 0 unspecified atom stereocenters. The van der Waals surface area contributed by atoms with Gasteiger partial charge in [-0.25, -0.2) is 0 Å². The smallest absolute Gasteiger partial charge is 0.312 e. The van der Waals surface area contributed by atoms with Crippen LogP contribution in [0.15, 0.2) is 66.7 Å². The Balaban J connectivity index is 1.56. The van der Waals surface area contributed by atoms with Crippen molar-refractivity contribution in [2.45, 2.75) is 0 Å². The molecular weight excluding hydrogens is 410 g/mol. The van der Waals surface area contributed by atoms with Crippen LogP contribution in [-0.4, -0.2) is 17.5 Å².